The zero-order valence-corrected chi connectivity index (χ0v) is 18.0. The first-order chi connectivity index (χ1) is 13.0. The molecule has 1 atom stereocenters. The van der Waals surface area contributed by atoms with Crippen LogP contribution in [-0.4, -0.2) is 33.7 Å². The van der Waals surface area contributed by atoms with E-state index in [1.54, 1.807) is 31.2 Å². The van der Waals surface area contributed by atoms with Gasteiger partial charge in [-0.1, -0.05) is 32.0 Å². The number of rotatable bonds is 7. The van der Waals surface area contributed by atoms with E-state index in [4.69, 9.17) is 4.74 Å². The average Bonchev–Trinajstić information content (AvgIpc) is 2.60. The molecule has 0 aliphatic carbocycles. The molecule has 0 saturated heterocycles. The number of sulfonamides is 1. The van der Waals surface area contributed by atoms with E-state index in [1.807, 2.05) is 25.1 Å². The lowest BCUT2D eigenvalue weighted by Crippen LogP contribution is -2.30. The van der Waals surface area contributed by atoms with Crippen molar-refractivity contribution in [2.75, 3.05) is 22.9 Å². The molecule has 1 N–H and O–H groups in total. The van der Waals surface area contributed by atoms with Crippen LogP contribution in [0.4, 0.5) is 11.4 Å². The summed E-state index contributed by atoms with van der Waals surface area (Å²) in [4.78, 5) is 12.6. The summed E-state index contributed by atoms with van der Waals surface area (Å²) >= 11 is 0. The fourth-order valence-electron chi connectivity index (χ4n) is 2.68. The molecule has 2 aromatic carbocycles. The van der Waals surface area contributed by atoms with Crippen LogP contribution in [0.15, 0.2) is 42.5 Å². The Balaban J connectivity index is 2.15. The van der Waals surface area contributed by atoms with Crippen molar-refractivity contribution in [1.29, 1.82) is 0 Å². The fourth-order valence-corrected chi connectivity index (χ4v) is 3.18. The molecule has 0 aliphatic heterocycles. The number of hydrogen-bond donors (Lipinski definition) is 1. The number of nitrogens with one attached hydrogen (secondary N) is 1. The van der Waals surface area contributed by atoms with Crippen LogP contribution >= 0.6 is 0 Å². The van der Waals surface area contributed by atoms with Gasteiger partial charge in [0.2, 0.25) is 10.0 Å². The van der Waals surface area contributed by atoms with E-state index in [0.717, 1.165) is 21.7 Å². The Morgan fingerprint density at radius 3 is 2.39 bits per heavy atom. The number of hydrogen-bond acceptors (Lipinski definition) is 4. The molecule has 0 fully saturated rings. The Labute approximate surface area is 167 Å². The molecule has 1 amide bonds. The van der Waals surface area contributed by atoms with E-state index >= 15 is 0 Å². The van der Waals surface area contributed by atoms with Crippen molar-refractivity contribution in [3.05, 3.63) is 53.6 Å². The van der Waals surface area contributed by atoms with Gasteiger partial charge in [-0.15, -0.1) is 0 Å². The Morgan fingerprint density at radius 1 is 1.11 bits per heavy atom. The summed E-state index contributed by atoms with van der Waals surface area (Å²) in [5.41, 5.74) is 3.07. The largest absolute Gasteiger partial charge is 0.481 e. The first-order valence-electron chi connectivity index (χ1n) is 9.11. The van der Waals surface area contributed by atoms with Gasteiger partial charge in [0, 0.05) is 12.7 Å². The summed E-state index contributed by atoms with van der Waals surface area (Å²) in [7, 11) is -1.91. The highest BCUT2D eigenvalue weighted by molar-refractivity contribution is 7.92. The van der Waals surface area contributed by atoms with E-state index in [1.165, 1.54) is 7.05 Å². The first kappa shape index (κ1) is 21.8. The van der Waals surface area contributed by atoms with E-state index in [0.29, 0.717) is 17.1 Å². The van der Waals surface area contributed by atoms with Gasteiger partial charge in [-0.05, 0) is 55.2 Å². The highest BCUT2D eigenvalue weighted by Gasteiger charge is 2.19. The van der Waals surface area contributed by atoms with Crippen molar-refractivity contribution >= 4 is 27.3 Å². The quantitative estimate of drug-likeness (QED) is 0.759. The minimum Gasteiger partial charge on any atom is -0.481 e. The number of nitrogens with zero attached hydrogens (tertiary/aromatic N) is 1. The van der Waals surface area contributed by atoms with Gasteiger partial charge in [0.25, 0.3) is 5.91 Å². The van der Waals surface area contributed by atoms with Crippen molar-refractivity contribution in [2.45, 2.75) is 39.7 Å². The molecule has 0 aromatic heterocycles. The summed E-state index contributed by atoms with van der Waals surface area (Å²) in [6, 6.07) is 12.6. The van der Waals surface area contributed by atoms with Gasteiger partial charge in [-0.2, -0.15) is 0 Å². The standard InChI is InChI=1S/C21H28N2O4S/c1-14(2)19-11-10-15(3)12-20(19)27-16(4)21(24)22-17-8-7-9-18(13-17)23(5)28(6,25)26/h7-14,16H,1-6H3,(H,22,24). The summed E-state index contributed by atoms with van der Waals surface area (Å²) in [6.07, 6.45) is 0.415. The van der Waals surface area contributed by atoms with Gasteiger partial charge in [0.05, 0.1) is 11.9 Å². The minimum absolute atomic E-state index is 0.272. The van der Waals surface area contributed by atoms with Crippen LogP contribution in [0.1, 0.15) is 37.8 Å². The number of ether oxygens (including phenoxy) is 1. The number of carbonyl (C=O) groups is 1. The zero-order valence-electron chi connectivity index (χ0n) is 17.2. The predicted octanol–water partition coefficient (Wildman–Crippen LogP) is 3.92. The van der Waals surface area contributed by atoms with Crippen molar-refractivity contribution < 1.29 is 17.9 Å². The van der Waals surface area contributed by atoms with E-state index in [9.17, 15) is 13.2 Å². The van der Waals surface area contributed by atoms with Gasteiger partial charge < -0.3 is 10.1 Å². The zero-order chi connectivity index (χ0) is 21.1. The molecule has 0 bridgehead atoms. The average molecular weight is 405 g/mol. The summed E-state index contributed by atoms with van der Waals surface area (Å²) in [5, 5.41) is 2.79. The molecular formula is C21H28N2O4S. The Kier molecular flexibility index (Phi) is 6.72. The topological polar surface area (TPSA) is 75.7 Å². The van der Waals surface area contributed by atoms with E-state index < -0.39 is 16.1 Å². The number of aryl methyl sites for hydroxylation is 1. The maximum absolute atomic E-state index is 12.6. The molecule has 0 spiro atoms. The highest BCUT2D eigenvalue weighted by atomic mass is 32.2. The second-order valence-electron chi connectivity index (χ2n) is 7.23. The molecule has 0 aliphatic rings. The van der Waals surface area contributed by atoms with Gasteiger partial charge in [0.1, 0.15) is 5.75 Å². The van der Waals surface area contributed by atoms with Crippen LogP contribution in [0.3, 0.4) is 0 Å². The van der Waals surface area contributed by atoms with Crippen molar-refractivity contribution in [2.24, 2.45) is 0 Å². The van der Waals surface area contributed by atoms with Gasteiger partial charge in [-0.3, -0.25) is 9.10 Å². The smallest absolute Gasteiger partial charge is 0.265 e. The summed E-state index contributed by atoms with van der Waals surface area (Å²) in [6.45, 7) is 7.82. The van der Waals surface area contributed by atoms with Crippen LogP contribution in [0.2, 0.25) is 0 Å². The monoisotopic (exact) mass is 404 g/mol. The molecular weight excluding hydrogens is 376 g/mol. The van der Waals surface area contributed by atoms with Crippen LogP contribution in [0, 0.1) is 6.92 Å². The minimum atomic E-state index is -3.38. The van der Waals surface area contributed by atoms with Gasteiger partial charge >= 0.3 is 0 Å². The molecule has 28 heavy (non-hydrogen) atoms. The van der Waals surface area contributed by atoms with Crippen LogP contribution in [-0.2, 0) is 14.8 Å². The molecule has 6 nitrogen and oxygen atoms in total. The third-order valence-corrected chi connectivity index (χ3v) is 5.64. The SMILES string of the molecule is Cc1ccc(C(C)C)c(OC(C)C(=O)Nc2cccc(N(C)S(C)(=O)=O)c2)c1. The second-order valence-corrected chi connectivity index (χ2v) is 9.24. The van der Waals surface area contributed by atoms with Crippen LogP contribution < -0.4 is 14.4 Å². The van der Waals surface area contributed by atoms with Crippen molar-refractivity contribution in [3.63, 3.8) is 0 Å². The third-order valence-electron chi connectivity index (χ3n) is 4.44. The molecule has 2 rings (SSSR count). The van der Waals surface area contributed by atoms with Crippen LogP contribution in [0.5, 0.6) is 5.75 Å². The molecule has 1 unspecified atom stereocenters. The Bertz CT molecular complexity index is 955. The van der Waals surface area contributed by atoms with Crippen molar-refractivity contribution in [1.82, 2.24) is 0 Å². The number of amides is 1. The van der Waals surface area contributed by atoms with Gasteiger partial charge in [-0.25, -0.2) is 8.42 Å². The molecule has 2 aromatic rings. The van der Waals surface area contributed by atoms with Gasteiger partial charge in [0.15, 0.2) is 6.10 Å². The molecule has 0 saturated carbocycles. The maximum Gasteiger partial charge on any atom is 0.265 e. The molecule has 152 valence electrons. The number of carbonyl (C=O) groups excluding carboxylic acids is 1. The summed E-state index contributed by atoms with van der Waals surface area (Å²) < 4.78 is 30.5. The molecule has 7 heteroatoms. The predicted molar refractivity (Wildman–Crippen MR) is 114 cm³/mol. The summed E-state index contributed by atoms with van der Waals surface area (Å²) in [5.74, 6) is 0.660. The Hall–Kier alpha value is -2.54. The Morgan fingerprint density at radius 2 is 1.79 bits per heavy atom. The highest BCUT2D eigenvalue weighted by Crippen LogP contribution is 2.28. The molecule has 0 radical (unpaired) electrons. The normalized spacial score (nSPS) is 12.5. The molecule has 0 heterocycles. The lowest BCUT2D eigenvalue weighted by molar-refractivity contribution is -0.122. The van der Waals surface area contributed by atoms with Crippen LogP contribution in [0.25, 0.3) is 0 Å². The number of anilines is 2. The third kappa shape index (κ3) is 5.48. The second kappa shape index (κ2) is 8.65. The van der Waals surface area contributed by atoms with E-state index in [-0.39, 0.29) is 11.8 Å². The lowest BCUT2D eigenvalue weighted by Gasteiger charge is -2.20. The first-order valence-corrected chi connectivity index (χ1v) is 11.0. The fraction of sp³-hybridized carbons (Fsp3) is 0.381. The lowest BCUT2D eigenvalue weighted by atomic mass is 10.0. The number of benzene rings is 2. The van der Waals surface area contributed by atoms with E-state index in [2.05, 4.69) is 19.2 Å². The van der Waals surface area contributed by atoms with Crippen molar-refractivity contribution in [3.8, 4) is 5.75 Å². The maximum atomic E-state index is 12.6.